The molecule has 0 saturated carbocycles. The molecule has 0 aliphatic heterocycles. The van der Waals surface area contributed by atoms with E-state index in [9.17, 15) is 4.79 Å². The van der Waals surface area contributed by atoms with Crippen molar-refractivity contribution in [1.82, 2.24) is 24.8 Å². The van der Waals surface area contributed by atoms with E-state index in [-0.39, 0.29) is 17.9 Å². The van der Waals surface area contributed by atoms with Crippen LogP contribution in [0.1, 0.15) is 41.6 Å². The number of fused-ring (bicyclic) bond motifs is 1. The van der Waals surface area contributed by atoms with Crippen LogP contribution in [0.15, 0.2) is 61.2 Å². The Balaban J connectivity index is 1.56. The number of benzene rings is 2. The summed E-state index contributed by atoms with van der Waals surface area (Å²) in [5, 5.41) is 3.13. The van der Waals surface area contributed by atoms with Crippen LogP contribution < -0.4 is 5.32 Å². The van der Waals surface area contributed by atoms with Gasteiger partial charge in [0, 0.05) is 23.6 Å². The number of nitrogens with zero attached hydrogens (tertiary/aromatic N) is 3. The first kappa shape index (κ1) is 18.0. The highest BCUT2D eigenvalue weighted by molar-refractivity contribution is 5.94. The lowest BCUT2D eigenvalue weighted by Crippen LogP contribution is -2.32. The molecule has 6 heteroatoms. The van der Waals surface area contributed by atoms with Crippen LogP contribution in [0.4, 0.5) is 0 Å². The van der Waals surface area contributed by atoms with Gasteiger partial charge < -0.3 is 14.9 Å². The molecule has 0 saturated heterocycles. The third kappa shape index (κ3) is 3.53. The van der Waals surface area contributed by atoms with E-state index in [1.54, 1.807) is 12.5 Å². The van der Waals surface area contributed by atoms with E-state index in [1.165, 1.54) is 5.56 Å². The molecule has 6 nitrogen and oxygen atoms in total. The van der Waals surface area contributed by atoms with Crippen LogP contribution in [0.2, 0.25) is 0 Å². The van der Waals surface area contributed by atoms with E-state index >= 15 is 0 Å². The van der Waals surface area contributed by atoms with Crippen LogP contribution in [-0.2, 0) is 0 Å². The lowest BCUT2D eigenvalue weighted by molar-refractivity contribution is 0.0923. The molecule has 2 N–H and O–H groups in total. The van der Waals surface area contributed by atoms with Crippen molar-refractivity contribution < 1.29 is 4.79 Å². The largest absolute Gasteiger partial charge is 0.342 e. The van der Waals surface area contributed by atoms with Crippen LogP contribution in [0.5, 0.6) is 0 Å². The molecule has 0 unspecified atom stereocenters. The molecule has 0 bridgehead atoms. The lowest BCUT2D eigenvalue weighted by Gasteiger charge is -2.20. The van der Waals surface area contributed by atoms with Gasteiger partial charge in [0.2, 0.25) is 0 Å². The average Bonchev–Trinajstić information content (AvgIpc) is 3.35. The number of imidazole rings is 2. The fourth-order valence-corrected chi connectivity index (χ4v) is 3.26. The van der Waals surface area contributed by atoms with Gasteiger partial charge in [-0.25, -0.2) is 9.97 Å². The Kier molecular flexibility index (Phi) is 4.69. The first-order valence-corrected chi connectivity index (χ1v) is 9.37. The highest BCUT2D eigenvalue weighted by atomic mass is 16.1. The molecular weight excluding hydrogens is 350 g/mol. The topological polar surface area (TPSA) is 75.6 Å². The molecular formula is C22H23N5O. The van der Waals surface area contributed by atoms with Crippen LogP contribution >= 0.6 is 0 Å². The zero-order valence-electron chi connectivity index (χ0n) is 16.2. The Morgan fingerprint density at radius 3 is 2.61 bits per heavy atom. The number of aromatic amines is 1. The van der Waals surface area contributed by atoms with Crippen LogP contribution in [0.3, 0.4) is 0 Å². The minimum atomic E-state index is -0.200. The summed E-state index contributed by atoms with van der Waals surface area (Å²) in [7, 11) is 0. The fraction of sp³-hybridized carbons (Fsp3) is 0.227. The number of carbonyl (C=O) groups is 1. The molecule has 28 heavy (non-hydrogen) atoms. The molecule has 0 fully saturated rings. The summed E-state index contributed by atoms with van der Waals surface area (Å²) in [6.07, 6.45) is 5.32. The number of aryl methyl sites for hydroxylation is 1. The summed E-state index contributed by atoms with van der Waals surface area (Å²) in [4.78, 5) is 24.9. The van der Waals surface area contributed by atoms with Crippen molar-refractivity contribution in [2.24, 2.45) is 5.92 Å². The second kappa shape index (κ2) is 7.31. The number of H-pyrrole nitrogens is 1. The summed E-state index contributed by atoms with van der Waals surface area (Å²) in [6, 6.07) is 13.4. The van der Waals surface area contributed by atoms with E-state index in [0.29, 0.717) is 5.56 Å². The van der Waals surface area contributed by atoms with Crippen LogP contribution in [0.25, 0.3) is 16.7 Å². The molecule has 142 valence electrons. The minimum absolute atomic E-state index is 0.118. The average molecular weight is 373 g/mol. The van der Waals surface area contributed by atoms with Crippen molar-refractivity contribution in [3.05, 3.63) is 78.1 Å². The molecule has 1 atom stereocenters. The predicted octanol–water partition coefficient (Wildman–Crippen LogP) is 4.18. The second-order valence-corrected chi connectivity index (χ2v) is 7.35. The molecule has 1 amide bonds. The normalized spacial score (nSPS) is 12.4. The van der Waals surface area contributed by atoms with Gasteiger partial charge in [-0.3, -0.25) is 4.79 Å². The Labute approximate surface area is 163 Å². The van der Waals surface area contributed by atoms with Crippen LogP contribution in [-0.4, -0.2) is 25.4 Å². The smallest absolute Gasteiger partial charge is 0.251 e. The number of hydrogen-bond donors (Lipinski definition) is 2. The Hall–Kier alpha value is -3.41. The van der Waals surface area contributed by atoms with Gasteiger partial charge >= 0.3 is 0 Å². The maximum atomic E-state index is 12.8. The number of rotatable bonds is 5. The SMILES string of the molecule is Cc1ccc2nc([C@@H](NC(=O)c3ccc(-n4ccnc4)cc3)C(C)C)[nH]c2c1. The summed E-state index contributed by atoms with van der Waals surface area (Å²) >= 11 is 0. The molecule has 0 radical (unpaired) electrons. The summed E-state index contributed by atoms with van der Waals surface area (Å²) in [5.74, 6) is 0.849. The predicted molar refractivity (Wildman–Crippen MR) is 109 cm³/mol. The molecule has 4 aromatic rings. The zero-order valence-corrected chi connectivity index (χ0v) is 16.2. The highest BCUT2D eigenvalue weighted by Gasteiger charge is 2.22. The van der Waals surface area contributed by atoms with Gasteiger partial charge in [-0.15, -0.1) is 0 Å². The third-order valence-electron chi connectivity index (χ3n) is 4.84. The third-order valence-corrected chi connectivity index (χ3v) is 4.84. The molecule has 0 aliphatic rings. The fourth-order valence-electron chi connectivity index (χ4n) is 3.26. The van der Waals surface area contributed by atoms with E-state index in [4.69, 9.17) is 0 Å². The number of nitrogens with one attached hydrogen (secondary N) is 2. The van der Waals surface area contributed by atoms with Crippen molar-refractivity contribution in [2.75, 3.05) is 0 Å². The summed E-state index contributed by atoms with van der Waals surface area (Å²) in [6.45, 7) is 6.20. The minimum Gasteiger partial charge on any atom is -0.342 e. The van der Waals surface area contributed by atoms with E-state index in [0.717, 1.165) is 22.5 Å². The van der Waals surface area contributed by atoms with Crippen molar-refractivity contribution in [3.8, 4) is 5.69 Å². The van der Waals surface area contributed by atoms with Gasteiger partial charge in [-0.05, 0) is 54.8 Å². The Morgan fingerprint density at radius 1 is 1.14 bits per heavy atom. The number of aromatic nitrogens is 4. The first-order chi connectivity index (χ1) is 13.5. The van der Waals surface area contributed by atoms with Crippen LogP contribution in [0, 0.1) is 12.8 Å². The zero-order chi connectivity index (χ0) is 19.7. The molecule has 0 aliphatic carbocycles. The van der Waals surface area contributed by atoms with Crippen molar-refractivity contribution >= 4 is 16.9 Å². The molecule has 2 aromatic heterocycles. The van der Waals surface area contributed by atoms with Crippen molar-refractivity contribution in [1.29, 1.82) is 0 Å². The van der Waals surface area contributed by atoms with E-state index in [1.807, 2.05) is 47.2 Å². The second-order valence-electron chi connectivity index (χ2n) is 7.35. The van der Waals surface area contributed by atoms with Gasteiger partial charge in [0.1, 0.15) is 5.82 Å². The number of amides is 1. The molecule has 0 spiro atoms. The van der Waals surface area contributed by atoms with Gasteiger partial charge in [0.05, 0.1) is 23.4 Å². The van der Waals surface area contributed by atoms with E-state index < -0.39 is 0 Å². The van der Waals surface area contributed by atoms with Gasteiger partial charge in [-0.1, -0.05) is 19.9 Å². The lowest BCUT2D eigenvalue weighted by atomic mass is 10.0. The number of carbonyl (C=O) groups excluding carboxylic acids is 1. The maximum Gasteiger partial charge on any atom is 0.251 e. The maximum absolute atomic E-state index is 12.8. The molecule has 2 aromatic carbocycles. The van der Waals surface area contributed by atoms with Crippen molar-refractivity contribution in [2.45, 2.75) is 26.8 Å². The molecule has 2 heterocycles. The molecule has 4 rings (SSSR count). The highest BCUT2D eigenvalue weighted by Crippen LogP contribution is 2.23. The van der Waals surface area contributed by atoms with Crippen molar-refractivity contribution in [3.63, 3.8) is 0 Å². The quantitative estimate of drug-likeness (QED) is 0.551. The Bertz CT molecular complexity index is 1090. The van der Waals surface area contributed by atoms with Gasteiger partial charge in [0.25, 0.3) is 5.91 Å². The first-order valence-electron chi connectivity index (χ1n) is 9.37. The number of hydrogen-bond acceptors (Lipinski definition) is 3. The standard InChI is InChI=1S/C22H23N5O/c1-14(2)20(21-24-18-9-4-15(3)12-19(18)25-21)26-22(28)16-5-7-17(8-6-16)27-11-10-23-13-27/h4-14,20H,1-3H3,(H,24,25)(H,26,28)/t20-/m0/s1. The van der Waals surface area contributed by atoms with E-state index in [2.05, 4.69) is 47.1 Å². The monoisotopic (exact) mass is 373 g/mol. The summed E-state index contributed by atoms with van der Waals surface area (Å²) in [5.41, 5.74) is 4.64. The summed E-state index contributed by atoms with van der Waals surface area (Å²) < 4.78 is 1.90. The Morgan fingerprint density at radius 2 is 1.93 bits per heavy atom. The van der Waals surface area contributed by atoms with Gasteiger partial charge in [0.15, 0.2) is 0 Å². The van der Waals surface area contributed by atoms with Gasteiger partial charge in [-0.2, -0.15) is 0 Å².